The Bertz CT molecular complexity index is 1150. The Balaban J connectivity index is 2.29. The number of unbranched alkanes of at least 4 members (excludes halogenated alkanes) is 3. The summed E-state index contributed by atoms with van der Waals surface area (Å²) in [5, 5.41) is 32.2. The lowest BCUT2D eigenvalue weighted by Gasteiger charge is -2.15. The Morgan fingerprint density at radius 2 is 1.73 bits per heavy atom. The molecule has 0 bridgehead atoms. The van der Waals surface area contributed by atoms with Crippen LogP contribution in [0.4, 0.5) is 11.4 Å². The minimum Gasteiger partial charge on any atom is -0.493 e. The van der Waals surface area contributed by atoms with Gasteiger partial charge in [-0.2, -0.15) is 10.4 Å². The maximum atomic E-state index is 12.9. The minimum absolute atomic E-state index is 0.00708. The van der Waals surface area contributed by atoms with Gasteiger partial charge in [0.1, 0.15) is 11.6 Å². The molecule has 0 saturated heterocycles. The van der Waals surface area contributed by atoms with Crippen molar-refractivity contribution in [2.75, 3.05) is 6.54 Å². The smallest absolute Gasteiger partial charge is 0.271 e. The molecule has 1 aromatic carbocycles. The number of carbonyl (C=O) groups excluding carboxylic acids is 1. The lowest BCUT2D eigenvalue weighted by molar-refractivity contribution is 0.0946. The second-order valence-corrected chi connectivity index (χ2v) is 9.42. The van der Waals surface area contributed by atoms with Crippen molar-refractivity contribution in [1.82, 2.24) is 9.88 Å². The molecule has 8 nitrogen and oxygen atoms in total. The molecule has 0 spiro atoms. The van der Waals surface area contributed by atoms with E-state index in [0.717, 1.165) is 44.9 Å². The summed E-state index contributed by atoms with van der Waals surface area (Å²) in [5.74, 6) is 0.0851. The van der Waals surface area contributed by atoms with Crippen molar-refractivity contribution in [2.45, 2.75) is 92.0 Å². The van der Waals surface area contributed by atoms with E-state index in [0.29, 0.717) is 48.7 Å². The lowest BCUT2D eigenvalue weighted by Crippen LogP contribution is -2.29. The first kappa shape index (κ1) is 29.8. The largest absolute Gasteiger partial charge is 0.493 e. The van der Waals surface area contributed by atoms with Crippen LogP contribution < -0.4 is 10.9 Å². The third-order valence-corrected chi connectivity index (χ3v) is 6.63. The highest BCUT2D eigenvalue weighted by Crippen LogP contribution is 2.34. The van der Waals surface area contributed by atoms with Crippen LogP contribution >= 0.6 is 0 Å². The van der Waals surface area contributed by atoms with E-state index < -0.39 is 5.56 Å². The molecular formula is C29H41N5O3. The fraction of sp³-hybridized carbons (Fsp3) is 0.552. The number of benzene rings is 1. The monoisotopic (exact) mass is 507 g/mol. The molecule has 0 fully saturated rings. The number of aromatic hydroxyl groups is 1. The van der Waals surface area contributed by atoms with Crippen LogP contribution in [0.3, 0.4) is 0 Å². The summed E-state index contributed by atoms with van der Waals surface area (Å²) in [5.41, 5.74) is 1.13. The lowest BCUT2D eigenvalue weighted by atomic mass is 9.99. The highest BCUT2D eigenvalue weighted by molar-refractivity contribution is 5.94. The van der Waals surface area contributed by atoms with Crippen LogP contribution in [0, 0.1) is 17.2 Å². The summed E-state index contributed by atoms with van der Waals surface area (Å²) >= 11 is 0. The zero-order valence-electron chi connectivity index (χ0n) is 22.7. The van der Waals surface area contributed by atoms with Gasteiger partial charge in [0.15, 0.2) is 5.69 Å². The number of hydrogen-bond donors (Lipinski definition) is 2. The summed E-state index contributed by atoms with van der Waals surface area (Å²) in [6.07, 6.45) is 8.03. The van der Waals surface area contributed by atoms with Crippen molar-refractivity contribution in [2.24, 2.45) is 16.1 Å². The Labute approximate surface area is 220 Å². The predicted octanol–water partition coefficient (Wildman–Crippen LogP) is 6.93. The van der Waals surface area contributed by atoms with Crippen LogP contribution in [0.2, 0.25) is 0 Å². The fourth-order valence-corrected chi connectivity index (χ4v) is 4.15. The van der Waals surface area contributed by atoms with Crippen LogP contribution in [0.5, 0.6) is 5.88 Å². The van der Waals surface area contributed by atoms with Gasteiger partial charge in [-0.05, 0) is 55.9 Å². The molecule has 2 aromatic rings. The Morgan fingerprint density at radius 3 is 2.32 bits per heavy atom. The zero-order chi connectivity index (χ0) is 27.2. The van der Waals surface area contributed by atoms with Gasteiger partial charge in [0, 0.05) is 24.2 Å². The van der Waals surface area contributed by atoms with E-state index >= 15 is 0 Å². The molecule has 1 heterocycles. The number of carbonyl (C=O) groups is 1. The first-order valence-corrected chi connectivity index (χ1v) is 13.6. The van der Waals surface area contributed by atoms with Gasteiger partial charge in [-0.25, -0.2) is 0 Å². The predicted molar refractivity (Wildman–Crippen MR) is 147 cm³/mol. The van der Waals surface area contributed by atoms with Crippen molar-refractivity contribution < 1.29 is 9.90 Å². The standard InChI is InChI=1S/C29H41N5O3/c1-5-9-12-21(8-4)20-31-27(35)22-14-16-23(17-15-22)32-33-26-24(13-10-6-2)25(19-30)28(36)34(29(26)37)18-11-7-3/h14-17,21,37H,5-13,18,20H2,1-4H3,(H,31,35)/b33-32+. The summed E-state index contributed by atoms with van der Waals surface area (Å²) < 4.78 is 1.21. The summed E-state index contributed by atoms with van der Waals surface area (Å²) in [4.78, 5) is 25.5. The topological polar surface area (TPSA) is 120 Å². The average Bonchev–Trinajstić information content (AvgIpc) is 2.91. The molecule has 2 N–H and O–H groups in total. The summed E-state index contributed by atoms with van der Waals surface area (Å²) in [6.45, 7) is 9.28. The molecule has 0 radical (unpaired) electrons. The number of hydrogen-bond acceptors (Lipinski definition) is 6. The molecule has 200 valence electrons. The van der Waals surface area contributed by atoms with Gasteiger partial charge in [0.05, 0.1) is 5.69 Å². The zero-order valence-corrected chi connectivity index (χ0v) is 22.7. The maximum absolute atomic E-state index is 12.9. The normalized spacial score (nSPS) is 12.0. The van der Waals surface area contributed by atoms with E-state index in [4.69, 9.17) is 0 Å². The molecule has 37 heavy (non-hydrogen) atoms. The van der Waals surface area contributed by atoms with Crippen LogP contribution in [-0.2, 0) is 13.0 Å². The van der Waals surface area contributed by atoms with E-state index in [1.54, 1.807) is 24.3 Å². The number of nitrogens with zero attached hydrogens (tertiary/aromatic N) is 4. The third-order valence-electron chi connectivity index (χ3n) is 6.63. The van der Waals surface area contributed by atoms with Crippen molar-refractivity contribution in [3.63, 3.8) is 0 Å². The van der Waals surface area contributed by atoms with Gasteiger partial charge in [0.2, 0.25) is 5.88 Å². The van der Waals surface area contributed by atoms with Gasteiger partial charge < -0.3 is 10.4 Å². The second-order valence-electron chi connectivity index (χ2n) is 9.42. The van der Waals surface area contributed by atoms with E-state index in [2.05, 4.69) is 29.4 Å². The number of amides is 1. The summed E-state index contributed by atoms with van der Waals surface area (Å²) in [7, 11) is 0. The molecule has 0 aliphatic rings. The maximum Gasteiger partial charge on any atom is 0.271 e. The molecule has 1 amide bonds. The number of aromatic nitrogens is 1. The summed E-state index contributed by atoms with van der Waals surface area (Å²) in [6, 6.07) is 8.78. The van der Waals surface area contributed by atoms with Gasteiger partial charge in [0.25, 0.3) is 11.5 Å². The Kier molecular flexibility index (Phi) is 12.5. The van der Waals surface area contributed by atoms with Crippen LogP contribution in [0.15, 0.2) is 39.3 Å². The molecule has 0 aliphatic carbocycles. The molecule has 0 saturated carbocycles. The highest BCUT2D eigenvalue weighted by Gasteiger charge is 2.21. The molecule has 1 aromatic heterocycles. The van der Waals surface area contributed by atoms with Crippen LogP contribution in [-0.4, -0.2) is 22.1 Å². The van der Waals surface area contributed by atoms with Crippen LogP contribution in [0.1, 0.15) is 101 Å². The fourth-order valence-electron chi connectivity index (χ4n) is 4.15. The number of rotatable bonds is 15. The van der Waals surface area contributed by atoms with E-state index in [1.165, 1.54) is 4.57 Å². The SMILES string of the molecule is CCCCc1c(/N=N/c2ccc(C(=O)NCC(CC)CCCC)cc2)c(O)n(CCCC)c(=O)c1C#N. The van der Waals surface area contributed by atoms with Gasteiger partial charge >= 0.3 is 0 Å². The first-order valence-electron chi connectivity index (χ1n) is 13.6. The molecule has 0 aliphatic heterocycles. The average molecular weight is 508 g/mol. The first-order chi connectivity index (χ1) is 17.9. The number of nitriles is 1. The van der Waals surface area contributed by atoms with E-state index in [9.17, 15) is 20.0 Å². The molecule has 8 heteroatoms. The van der Waals surface area contributed by atoms with Crippen molar-refractivity contribution in [3.05, 3.63) is 51.3 Å². The highest BCUT2D eigenvalue weighted by atomic mass is 16.3. The molecule has 1 atom stereocenters. The van der Waals surface area contributed by atoms with Gasteiger partial charge in [-0.1, -0.05) is 59.8 Å². The van der Waals surface area contributed by atoms with Gasteiger partial charge in [-0.15, -0.1) is 5.11 Å². The van der Waals surface area contributed by atoms with E-state index in [-0.39, 0.29) is 23.0 Å². The molecule has 1 unspecified atom stereocenters. The molecule has 2 rings (SSSR count). The Morgan fingerprint density at radius 1 is 1.05 bits per heavy atom. The number of azo groups is 1. The second kappa shape index (κ2) is 15.6. The van der Waals surface area contributed by atoms with Crippen molar-refractivity contribution >= 4 is 17.3 Å². The quantitative estimate of drug-likeness (QED) is 0.254. The van der Waals surface area contributed by atoms with Gasteiger partial charge in [-0.3, -0.25) is 14.2 Å². The number of nitrogens with one attached hydrogen (secondary N) is 1. The van der Waals surface area contributed by atoms with Crippen molar-refractivity contribution in [1.29, 1.82) is 5.26 Å². The van der Waals surface area contributed by atoms with Crippen LogP contribution in [0.25, 0.3) is 0 Å². The number of pyridine rings is 1. The van der Waals surface area contributed by atoms with Crippen molar-refractivity contribution in [3.8, 4) is 11.9 Å². The molecular weight excluding hydrogens is 466 g/mol. The third kappa shape index (κ3) is 8.28. The minimum atomic E-state index is -0.492. The van der Waals surface area contributed by atoms with E-state index in [1.807, 2.05) is 19.9 Å². The Hall–Kier alpha value is -3.47.